The van der Waals surface area contributed by atoms with Gasteiger partial charge in [0.2, 0.25) is 0 Å². The summed E-state index contributed by atoms with van der Waals surface area (Å²) in [6.45, 7) is 6.85. The van der Waals surface area contributed by atoms with E-state index in [1.165, 1.54) is 10.1 Å². The van der Waals surface area contributed by atoms with E-state index in [2.05, 4.69) is 0 Å². The van der Waals surface area contributed by atoms with Gasteiger partial charge in [-0.2, -0.15) is 0 Å². The maximum atomic E-state index is 12.1. The van der Waals surface area contributed by atoms with Gasteiger partial charge in [0, 0.05) is 6.54 Å². The van der Waals surface area contributed by atoms with Crippen molar-refractivity contribution in [1.29, 1.82) is 0 Å². The van der Waals surface area contributed by atoms with Crippen LogP contribution in [0.25, 0.3) is 10.9 Å². The normalized spacial score (nSPS) is 11.0. The van der Waals surface area contributed by atoms with Crippen LogP contribution in [0.5, 0.6) is 5.75 Å². The van der Waals surface area contributed by atoms with Gasteiger partial charge in [-0.3, -0.25) is 4.57 Å². The molecule has 0 unspecified atom stereocenters. The number of hydrogen-bond donors (Lipinski definition) is 0. The van der Waals surface area contributed by atoms with Crippen molar-refractivity contribution in [2.24, 2.45) is 0 Å². The first-order valence-corrected chi connectivity index (χ1v) is 8.31. The molecule has 2 aromatic carbocycles. The Bertz CT molecular complexity index is 1030. The standard InChI is InChI=1S/C20H21NO4/c1-13-7-5-10-17(15(13)3)24-12-6-11-21-18-14(2)8-4-9-16(18)19(22)25-20(21)23/h4-5,7-10H,6,11-12H2,1-3H3. The first kappa shape index (κ1) is 17.0. The summed E-state index contributed by atoms with van der Waals surface area (Å²) < 4.78 is 12.2. The van der Waals surface area contributed by atoms with E-state index < -0.39 is 11.4 Å². The Morgan fingerprint density at radius 2 is 1.72 bits per heavy atom. The molecule has 1 aromatic heterocycles. The van der Waals surface area contributed by atoms with E-state index in [0.29, 0.717) is 30.5 Å². The van der Waals surface area contributed by atoms with Crippen molar-refractivity contribution < 1.29 is 9.15 Å². The van der Waals surface area contributed by atoms with Crippen LogP contribution in [-0.2, 0) is 6.54 Å². The largest absolute Gasteiger partial charge is 0.493 e. The monoisotopic (exact) mass is 339 g/mol. The fourth-order valence-electron chi connectivity index (χ4n) is 2.95. The van der Waals surface area contributed by atoms with Gasteiger partial charge >= 0.3 is 11.4 Å². The molecule has 0 saturated heterocycles. The minimum atomic E-state index is -0.626. The van der Waals surface area contributed by atoms with Gasteiger partial charge in [-0.1, -0.05) is 24.3 Å². The highest BCUT2D eigenvalue weighted by Gasteiger charge is 2.11. The summed E-state index contributed by atoms with van der Waals surface area (Å²) >= 11 is 0. The van der Waals surface area contributed by atoms with Gasteiger partial charge in [0.1, 0.15) is 5.75 Å². The number of aromatic nitrogens is 1. The molecule has 0 atom stereocenters. The number of aryl methyl sites for hydroxylation is 3. The highest BCUT2D eigenvalue weighted by atomic mass is 16.5. The van der Waals surface area contributed by atoms with Crippen LogP contribution in [-0.4, -0.2) is 11.2 Å². The number of ether oxygens (including phenoxy) is 1. The highest BCUT2D eigenvalue weighted by Crippen LogP contribution is 2.20. The number of nitrogens with zero attached hydrogens (tertiary/aromatic N) is 1. The Morgan fingerprint density at radius 1 is 1.00 bits per heavy atom. The first-order valence-electron chi connectivity index (χ1n) is 8.31. The molecule has 5 nitrogen and oxygen atoms in total. The van der Waals surface area contributed by atoms with Gasteiger partial charge in [0.05, 0.1) is 17.5 Å². The summed E-state index contributed by atoms with van der Waals surface area (Å²) in [6.07, 6.45) is 0.629. The Kier molecular flexibility index (Phi) is 4.74. The van der Waals surface area contributed by atoms with Crippen molar-refractivity contribution in [3.05, 3.63) is 74.1 Å². The minimum absolute atomic E-state index is 0.425. The predicted octanol–water partition coefficient (Wildman–Crippen LogP) is 3.35. The smallest absolute Gasteiger partial charge is 0.422 e. The van der Waals surface area contributed by atoms with Gasteiger partial charge in [-0.05, 0) is 56.0 Å². The number of rotatable bonds is 5. The summed E-state index contributed by atoms with van der Waals surface area (Å²) in [5, 5.41) is 0.426. The molecule has 0 aliphatic carbocycles. The topological polar surface area (TPSA) is 61.4 Å². The summed E-state index contributed by atoms with van der Waals surface area (Å²) in [6, 6.07) is 11.3. The van der Waals surface area contributed by atoms with Crippen LogP contribution in [0.15, 0.2) is 50.4 Å². The molecule has 3 aromatic rings. The molecule has 3 rings (SSSR count). The lowest BCUT2D eigenvalue weighted by Crippen LogP contribution is -2.26. The summed E-state index contributed by atoms with van der Waals surface area (Å²) in [5.74, 6) is 0.228. The molecule has 0 saturated carbocycles. The van der Waals surface area contributed by atoms with Gasteiger partial charge in [0.25, 0.3) is 0 Å². The molecule has 0 spiro atoms. The molecule has 1 heterocycles. The molecule has 0 fully saturated rings. The summed E-state index contributed by atoms with van der Waals surface area (Å²) in [7, 11) is 0. The molecule has 0 radical (unpaired) electrons. The average molecular weight is 339 g/mol. The molecule has 5 heteroatoms. The van der Waals surface area contributed by atoms with Crippen molar-refractivity contribution in [2.45, 2.75) is 33.7 Å². The Labute approximate surface area is 145 Å². The van der Waals surface area contributed by atoms with Crippen molar-refractivity contribution in [1.82, 2.24) is 4.57 Å². The van der Waals surface area contributed by atoms with Gasteiger partial charge in [-0.15, -0.1) is 0 Å². The van der Waals surface area contributed by atoms with E-state index in [0.717, 1.165) is 16.9 Å². The van der Waals surface area contributed by atoms with Crippen molar-refractivity contribution in [3.63, 3.8) is 0 Å². The Balaban J connectivity index is 1.79. The third kappa shape index (κ3) is 3.36. The second-order valence-electron chi connectivity index (χ2n) is 6.18. The molecule has 0 amide bonds. The molecule has 0 bridgehead atoms. The molecular weight excluding hydrogens is 318 g/mol. The van der Waals surface area contributed by atoms with Crippen LogP contribution in [0.4, 0.5) is 0 Å². The zero-order valence-corrected chi connectivity index (χ0v) is 14.7. The van der Waals surface area contributed by atoms with E-state index in [-0.39, 0.29) is 0 Å². The average Bonchev–Trinajstić information content (AvgIpc) is 2.58. The van der Waals surface area contributed by atoms with Crippen molar-refractivity contribution in [3.8, 4) is 5.75 Å². The zero-order chi connectivity index (χ0) is 18.0. The van der Waals surface area contributed by atoms with Gasteiger partial charge in [-0.25, -0.2) is 9.59 Å². The lowest BCUT2D eigenvalue weighted by atomic mass is 10.1. The molecule has 0 aliphatic rings. The summed E-state index contributed by atoms with van der Waals surface area (Å²) in [5.41, 5.74) is 3.21. The Hall–Kier alpha value is -2.82. The van der Waals surface area contributed by atoms with Crippen LogP contribution in [0.3, 0.4) is 0 Å². The first-order chi connectivity index (χ1) is 12.0. The zero-order valence-electron chi connectivity index (χ0n) is 14.7. The number of fused-ring (bicyclic) bond motifs is 1. The second-order valence-corrected chi connectivity index (χ2v) is 6.18. The number of hydrogen-bond acceptors (Lipinski definition) is 4. The third-order valence-corrected chi connectivity index (χ3v) is 4.47. The lowest BCUT2D eigenvalue weighted by molar-refractivity contribution is 0.294. The van der Waals surface area contributed by atoms with Crippen LogP contribution in [0, 0.1) is 20.8 Å². The van der Waals surface area contributed by atoms with Crippen molar-refractivity contribution >= 4 is 10.9 Å². The Morgan fingerprint density at radius 3 is 2.52 bits per heavy atom. The van der Waals surface area contributed by atoms with E-state index >= 15 is 0 Å². The molecule has 0 N–H and O–H groups in total. The van der Waals surface area contributed by atoms with E-state index in [9.17, 15) is 9.59 Å². The predicted molar refractivity (Wildman–Crippen MR) is 97.5 cm³/mol. The lowest BCUT2D eigenvalue weighted by Gasteiger charge is -2.13. The van der Waals surface area contributed by atoms with E-state index in [4.69, 9.17) is 9.15 Å². The van der Waals surface area contributed by atoms with Crippen molar-refractivity contribution in [2.75, 3.05) is 6.61 Å². The molecule has 25 heavy (non-hydrogen) atoms. The molecular formula is C20H21NO4. The quantitative estimate of drug-likeness (QED) is 0.669. The minimum Gasteiger partial charge on any atom is -0.493 e. The van der Waals surface area contributed by atoms with Gasteiger partial charge in [0.15, 0.2) is 0 Å². The second kappa shape index (κ2) is 6.97. The SMILES string of the molecule is Cc1cccc(OCCCn2c(=O)oc(=O)c3cccc(C)c32)c1C. The van der Waals surface area contributed by atoms with Crippen LogP contribution >= 0.6 is 0 Å². The van der Waals surface area contributed by atoms with E-state index in [1.54, 1.807) is 12.1 Å². The summed E-state index contributed by atoms with van der Waals surface area (Å²) in [4.78, 5) is 24.0. The van der Waals surface area contributed by atoms with Crippen LogP contribution in [0.2, 0.25) is 0 Å². The van der Waals surface area contributed by atoms with Crippen LogP contribution < -0.4 is 16.1 Å². The molecule has 0 aliphatic heterocycles. The maximum Gasteiger partial charge on any atom is 0.422 e. The van der Waals surface area contributed by atoms with Gasteiger partial charge < -0.3 is 9.15 Å². The molecule has 130 valence electrons. The van der Waals surface area contributed by atoms with Crippen LogP contribution in [0.1, 0.15) is 23.1 Å². The fourth-order valence-corrected chi connectivity index (χ4v) is 2.95. The highest BCUT2D eigenvalue weighted by molar-refractivity contribution is 5.80. The van der Waals surface area contributed by atoms with E-state index in [1.807, 2.05) is 45.0 Å². The fraction of sp³-hybridized carbons (Fsp3) is 0.300. The third-order valence-electron chi connectivity index (χ3n) is 4.47. The maximum absolute atomic E-state index is 12.1. The number of para-hydroxylation sites is 1. The number of benzene rings is 2.